The first-order chi connectivity index (χ1) is 8.60. The van der Waals surface area contributed by atoms with Gasteiger partial charge in [0.05, 0.1) is 6.04 Å². The Hall–Kier alpha value is -1.37. The van der Waals surface area contributed by atoms with Gasteiger partial charge in [0, 0.05) is 5.02 Å². The van der Waals surface area contributed by atoms with Crippen LogP contribution in [0.5, 0.6) is 0 Å². The molecule has 1 aromatic heterocycles. The number of hydrogen-bond acceptors (Lipinski definition) is 6. The number of nitrogens with zero attached hydrogens (tertiary/aromatic N) is 3. The molecule has 18 heavy (non-hydrogen) atoms. The van der Waals surface area contributed by atoms with Crippen LogP contribution in [0.2, 0.25) is 5.02 Å². The summed E-state index contributed by atoms with van der Waals surface area (Å²) in [6.45, 7) is 0. The number of hydrogen-bond donors (Lipinski definition) is 2. The van der Waals surface area contributed by atoms with Crippen molar-refractivity contribution in [1.82, 2.24) is 15.0 Å². The summed E-state index contributed by atoms with van der Waals surface area (Å²) < 4.78 is 0. The number of rotatable bonds is 3. The van der Waals surface area contributed by atoms with Crippen molar-refractivity contribution in [3.8, 4) is 0 Å². The molecule has 94 valence electrons. The van der Waals surface area contributed by atoms with E-state index in [1.165, 1.54) is 11.8 Å². The number of thioether (sulfide) groups is 1. The van der Waals surface area contributed by atoms with Crippen molar-refractivity contribution in [2.45, 2.75) is 11.2 Å². The monoisotopic (exact) mass is 281 g/mol. The number of aromatic nitrogens is 3. The predicted octanol–water partition coefficient (Wildman–Crippen LogP) is 1.88. The van der Waals surface area contributed by atoms with E-state index in [-0.39, 0.29) is 5.95 Å². The van der Waals surface area contributed by atoms with Gasteiger partial charge in [-0.05, 0) is 24.0 Å². The van der Waals surface area contributed by atoms with Gasteiger partial charge >= 0.3 is 0 Å². The molecule has 2 aromatic rings. The molecule has 0 amide bonds. The standard InChI is InChI=1S/C11H12ClN5S/c1-18-11-16-9(15-10(14)17-11)8(13)6-3-2-4-7(12)5-6/h2-5,8H,13H2,1H3,(H2,14,15,16,17). The average Bonchev–Trinajstić information content (AvgIpc) is 2.37. The lowest BCUT2D eigenvalue weighted by molar-refractivity contribution is 0.735. The Bertz CT molecular complexity index is 563. The normalized spacial score (nSPS) is 12.4. The lowest BCUT2D eigenvalue weighted by Gasteiger charge is -2.11. The van der Waals surface area contributed by atoms with Crippen molar-refractivity contribution in [3.63, 3.8) is 0 Å². The Morgan fingerprint density at radius 3 is 2.72 bits per heavy atom. The van der Waals surface area contributed by atoms with Crippen molar-refractivity contribution < 1.29 is 0 Å². The van der Waals surface area contributed by atoms with Crippen molar-refractivity contribution in [2.24, 2.45) is 5.73 Å². The summed E-state index contributed by atoms with van der Waals surface area (Å²) in [4.78, 5) is 12.3. The zero-order chi connectivity index (χ0) is 13.1. The van der Waals surface area contributed by atoms with E-state index in [4.69, 9.17) is 23.1 Å². The Kier molecular flexibility index (Phi) is 4.00. The molecule has 1 atom stereocenters. The van der Waals surface area contributed by atoms with Crippen LogP contribution < -0.4 is 11.5 Å². The van der Waals surface area contributed by atoms with Gasteiger partial charge in [-0.25, -0.2) is 4.98 Å². The molecule has 0 aliphatic rings. The summed E-state index contributed by atoms with van der Waals surface area (Å²) in [6.07, 6.45) is 1.86. The van der Waals surface area contributed by atoms with Gasteiger partial charge in [-0.2, -0.15) is 9.97 Å². The van der Waals surface area contributed by atoms with Gasteiger partial charge in [-0.15, -0.1) is 0 Å². The molecule has 1 unspecified atom stereocenters. The summed E-state index contributed by atoms with van der Waals surface area (Å²) in [7, 11) is 0. The molecule has 1 aromatic carbocycles. The molecule has 0 radical (unpaired) electrons. The van der Waals surface area contributed by atoms with E-state index in [0.717, 1.165) is 5.56 Å². The van der Waals surface area contributed by atoms with E-state index in [1.807, 2.05) is 18.4 Å². The molecule has 7 heteroatoms. The van der Waals surface area contributed by atoms with Crippen LogP contribution in [-0.2, 0) is 0 Å². The largest absolute Gasteiger partial charge is 0.368 e. The van der Waals surface area contributed by atoms with Crippen LogP contribution in [0.25, 0.3) is 0 Å². The Morgan fingerprint density at radius 1 is 1.28 bits per heavy atom. The molecule has 0 fully saturated rings. The highest BCUT2D eigenvalue weighted by atomic mass is 35.5. The third-order valence-corrected chi connectivity index (χ3v) is 3.10. The van der Waals surface area contributed by atoms with Crippen molar-refractivity contribution >= 4 is 29.3 Å². The number of nitrogen functional groups attached to an aromatic ring is 1. The topological polar surface area (TPSA) is 90.7 Å². The first kappa shape index (κ1) is 13.1. The van der Waals surface area contributed by atoms with Gasteiger partial charge < -0.3 is 11.5 Å². The quantitative estimate of drug-likeness (QED) is 0.835. The molecule has 0 spiro atoms. The Morgan fingerprint density at radius 2 is 2.06 bits per heavy atom. The van der Waals surface area contributed by atoms with Crippen LogP contribution in [0.4, 0.5) is 5.95 Å². The number of anilines is 1. The van der Waals surface area contributed by atoms with Crippen molar-refractivity contribution in [2.75, 3.05) is 12.0 Å². The van der Waals surface area contributed by atoms with Gasteiger partial charge in [0.15, 0.2) is 11.0 Å². The summed E-state index contributed by atoms with van der Waals surface area (Å²) >= 11 is 7.32. The molecular formula is C11H12ClN5S. The average molecular weight is 282 g/mol. The van der Waals surface area contributed by atoms with E-state index >= 15 is 0 Å². The lowest BCUT2D eigenvalue weighted by atomic mass is 10.1. The fraction of sp³-hybridized carbons (Fsp3) is 0.182. The fourth-order valence-corrected chi connectivity index (χ4v) is 2.04. The van der Waals surface area contributed by atoms with E-state index < -0.39 is 6.04 Å². The molecular weight excluding hydrogens is 270 g/mol. The first-order valence-corrected chi connectivity index (χ1v) is 6.77. The van der Waals surface area contributed by atoms with Crippen LogP contribution in [0.1, 0.15) is 17.4 Å². The summed E-state index contributed by atoms with van der Waals surface area (Å²) in [5.74, 6) is 0.607. The number of nitrogens with two attached hydrogens (primary N) is 2. The van der Waals surface area contributed by atoms with Crippen LogP contribution in [0.15, 0.2) is 29.4 Å². The molecule has 0 aliphatic heterocycles. The van der Waals surface area contributed by atoms with Gasteiger partial charge in [0.1, 0.15) is 0 Å². The van der Waals surface area contributed by atoms with E-state index in [0.29, 0.717) is 16.0 Å². The summed E-state index contributed by atoms with van der Waals surface area (Å²) in [5.41, 5.74) is 12.6. The minimum atomic E-state index is -0.472. The third-order valence-electron chi connectivity index (χ3n) is 2.32. The molecule has 0 saturated heterocycles. The molecule has 2 rings (SSSR count). The first-order valence-electron chi connectivity index (χ1n) is 5.16. The molecule has 0 aliphatic carbocycles. The highest BCUT2D eigenvalue weighted by Crippen LogP contribution is 2.21. The Labute approximate surface area is 114 Å². The van der Waals surface area contributed by atoms with Gasteiger partial charge in [-0.1, -0.05) is 35.5 Å². The molecule has 0 bridgehead atoms. The van der Waals surface area contributed by atoms with Gasteiger partial charge in [0.2, 0.25) is 5.95 Å². The highest BCUT2D eigenvalue weighted by molar-refractivity contribution is 7.98. The SMILES string of the molecule is CSc1nc(N)nc(C(N)c2cccc(Cl)c2)n1. The van der Waals surface area contributed by atoms with E-state index in [2.05, 4.69) is 15.0 Å². The zero-order valence-electron chi connectivity index (χ0n) is 9.67. The highest BCUT2D eigenvalue weighted by Gasteiger charge is 2.14. The summed E-state index contributed by atoms with van der Waals surface area (Å²) in [5, 5.41) is 1.17. The zero-order valence-corrected chi connectivity index (χ0v) is 11.2. The van der Waals surface area contributed by atoms with Gasteiger partial charge in [-0.3, -0.25) is 0 Å². The van der Waals surface area contributed by atoms with Crippen LogP contribution in [0.3, 0.4) is 0 Å². The fourth-order valence-electron chi connectivity index (χ4n) is 1.47. The second-order valence-corrected chi connectivity index (χ2v) is 4.78. The maximum Gasteiger partial charge on any atom is 0.224 e. The minimum absolute atomic E-state index is 0.168. The molecule has 5 nitrogen and oxygen atoms in total. The lowest BCUT2D eigenvalue weighted by Crippen LogP contribution is -2.17. The minimum Gasteiger partial charge on any atom is -0.368 e. The van der Waals surface area contributed by atoms with Gasteiger partial charge in [0.25, 0.3) is 0 Å². The predicted molar refractivity (Wildman–Crippen MR) is 73.5 cm³/mol. The second-order valence-electron chi connectivity index (χ2n) is 3.57. The molecule has 0 saturated carbocycles. The van der Waals surface area contributed by atoms with Crippen LogP contribution in [-0.4, -0.2) is 21.2 Å². The van der Waals surface area contributed by atoms with Crippen LogP contribution >= 0.6 is 23.4 Å². The Balaban J connectivity index is 2.39. The summed E-state index contributed by atoms with van der Waals surface area (Å²) in [6, 6.07) is 6.80. The third kappa shape index (κ3) is 2.90. The van der Waals surface area contributed by atoms with Crippen molar-refractivity contribution in [3.05, 3.63) is 40.7 Å². The molecule has 4 N–H and O–H groups in total. The van der Waals surface area contributed by atoms with E-state index in [9.17, 15) is 0 Å². The number of halogens is 1. The maximum absolute atomic E-state index is 6.10. The molecule has 1 heterocycles. The number of benzene rings is 1. The maximum atomic E-state index is 6.10. The second kappa shape index (κ2) is 5.51. The van der Waals surface area contributed by atoms with E-state index in [1.54, 1.807) is 12.1 Å². The van der Waals surface area contributed by atoms with Crippen molar-refractivity contribution in [1.29, 1.82) is 0 Å². The smallest absolute Gasteiger partial charge is 0.224 e. The van der Waals surface area contributed by atoms with Crippen LogP contribution in [0, 0.1) is 0 Å².